The number of nitro groups is 1. The van der Waals surface area contributed by atoms with Crippen molar-refractivity contribution in [3.05, 3.63) is 38.4 Å². The Labute approximate surface area is 88.7 Å². The average Bonchev–Trinajstić information content (AvgIpc) is 2.16. The van der Waals surface area contributed by atoms with Crippen LogP contribution in [0.2, 0.25) is 0 Å². The molecule has 0 atom stereocenters. The molecule has 1 aromatic carbocycles. The van der Waals surface area contributed by atoms with Gasteiger partial charge in [-0.05, 0) is 37.5 Å². The van der Waals surface area contributed by atoms with Crippen LogP contribution < -0.4 is 0 Å². The van der Waals surface area contributed by atoms with Crippen molar-refractivity contribution in [2.75, 3.05) is 0 Å². The molecule has 4 heteroatoms. The summed E-state index contributed by atoms with van der Waals surface area (Å²) in [7, 11) is 0. The molecule has 0 aromatic heterocycles. The topological polar surface area (TPSA) is 63.4 Å². The zero-order valence-electron chi connectivity index (χ0n) is 9.20. The smallest absolute Gasteiger partial charge is 0.278 e. The molecule has 0 aliphatic rings. The first kappa shape index (κ1) is 11.7. The van der Waals surface area contributed by atoms with E-state index in [1.54, 1.807) is 13.0 Å². The summed E-state index contributed by atoms with van der Waals surface area (Å²) in [5.41, 5.74) is 3.13. The van der Waals surface area contributed by atoms with Gasteiger partial charge >= 0.3 is 0 Å². The Bertz CT molecular complexity index is 399. The predicted molar refractivity (Wildman–Crippen MR) is 57.9 cm³/mol. The van der Waals surface area contributed by atoms with Gasteiger partial charge in [0.1, 0.15) is 0 Å². The van der Waals surface area contributed by atoms with Crippen LogP contribution in [0, 0.1) is 24.0 Å². The van der Waals surface area contributed by atoms with E-state index < -0.39 is 4.92 Å². The van der Waals surface area contributed by atoms with Crippen molar-refractivity contribution >= 4 is 5.69 Å². The minimum Gasteiger partial charge on any atom is -0.391 e. The van der Waals surface area contributed by atoms with E-state index in [1.807, 2.05) is 13.8 Å². The highest BCUT2D eigenvalue weighted by Crippen LogP contribution is 2.29. The van der Waals surface area contributed by atoms with Crippen LogP contribution in [0.1, 0.15) is 29.2 Å². The Hall–Kier alpha value is -1.42. The van der Waals surface area contributed by atoms with Crippen molar-refractivity contribution in [1.29, 1.82) is 0 Å². The molecule has 0 aliphatic heterocycles. The fourth-order valence-corrected chi connectivity index (χ4v) is 2.02. The highest BCUT2D eigenvalue weighted by atomic mass is 16.6. The van der Waals surface area contributed by atoms with Gasteiger partial charge in [-0.3, -0.25) is 10.1 Å². The molecule has 1 rings (SSSR count). The molecular formula is C11H15NO3. The maximum Gasteiger partial charge on any atom is 0.278 e. The zero-order valence-corrected chi connectivity index (χ0v) is 9.20. The number of hydrogen-bond donors (Lipinski definition) is 1. The van der Waals surface area contributed by atoms with E-state index in [9.17, 15) is 10.1 Å². The van der Waals surface area contributed by atoms with Gasteiger partial charge in [0.25, 0.3) is 5.69 Å². The second-order valence-corrected chi connectivity index (χ2v) is 3.57. The highest BCUT2D eigenvalue weighted by Gasteiger charge is 2.20. The third kappa shape index (κ3) is 1.99. The average molecular weight is 209 g/mol. The van der Waals surface area contributed by atoms with Gasteiger partial charge in [-0.2, -0.15) is 0 Å². The maximum atomic E-state index is 10.9. The van der Waals surface area contributed by atoms with E-state index in [2.05, 4.69) is 0 Å². The summed E-state index contributed by atoms with van der Waals surface area (Å²) in [5, 5.41) is 20.0. The van der Waals surface area contributed by atoms with Gasteiger partial charge < -0.3 is 5.11 Å². The van der Waals surface area contributed by atoms with Crippen molar-refractivity contribution in [1.82, 2.24) is 0 Å². The molecule has 0 aliphatic carbocycles. The number of rotatable bonds is 3. The first-order chi connectivity index (χ1) is 7.02. The van der Waals surface area contributed by atoms with Crippen molar-refractivity contribution < 1.29 is 10.0 Å². The molecule has 0 unspecified atom stereocenters. The summed E-state index contributed by atoms with van der Waals surface area (Å²) in [6.45, 7) is 5.33. The van der Waals surface area contributed by atoms with Crippen LogP contribution in [0.15, 0.2) is 6.07 Å². The van der Waals surface area contributed by atoms with Crippen molar-refractivity contribution in [3.63, 3.8) is 0 Å². The molecule has 0 fully saturated rings. The van der Waals surface area contributed by atoms with Gasteiger partial charge in [-0.25, -0.2) is 0 Å². The zero-order chi connectivity index (χ0) is 11.6. The summed E-state index contributed by atoms with van der Waals surface area (Å²) in [4.78, 5) is 10.5. The molecule has 1 N–H and O–H groups in total. The van der Waals surface area contributed by atoms with E-state index in [0.717, 1.165) is 17.5 Å². The highest BCUT2D eigenvalue weighted by molar-refractivity contribution is 5.54. The Morgan fingerprint density at radius 2 is 2.07 bits per heavy atom. The minimum absolute atomic E-state index is 0.0555. The maximum absolute atomic E-state index is 10.9. The minimum atomic E-state index is -0.417. The van der Waals surface area contributed by atoms with Gasteiger partial charge in [0.2, 0.25) is 0 Å². The van der Waals surface area contributed by atoms with Crippen LogP contribution in [-0.4, -0.2) is 10.0 Å². The van der Waals surface area contributed by atoms with Gasteiger partial charge in [0, 0.05) is 5.56 Å². The number of aliphatic hydroxyl groups is 1. The summed E-state index contributed by atoms with van der Waals surface area (Å²) < 4.78 is 0. The van der Waals surface area contributed by atoms with Crippen LogP contribution in [-0.2, 0) is 13.0 Å². The van der Waals surface area contributed by atoms with Crippen molar-refractivity contribution in [3.8, 4) is 0 Å². The van der Waals surface area contributed by atoms with Crippen molar-refractivity contribution in [2.24, 2.45) is 0 Å². The Kier molecular flexibility index (Phi) is 3.42. The molecule has 0 saturated carbocycles. The number of hydrogen-bond acceptors (Lipinski definition) is 3. The molecule has 0 heterocycles. The lowest BCUT2D eigenvalue weighted by molar-refractivity contribution is -0.386. The van der Waals surface area contributed by atoms with Crippen LogP contribution in [0.5, 0.6) is 0 Å². The lowest BCUT2D eigenvalue weighted by atomic mass is 9.95. The number of aryl methyl sites for hydroxylation is 1. The number of nitrogens with zero attached hydrogens (tertiary/aromatic N) is 1. The molecule has 15 heavy (non-hydrogen) atoms. The normalized spacial score (nSPS) is 10.4. The Morgan fingerprint density at radius 1 is 1.47 bits per heavy atom. The quantitative estimate of drug-likeness (QED) is 0.613. The third-order valence-corrected chi connectivity index (χ3v) is 2.69. The fraction of sp³-hybridized carbons (Fsp3) is 0.455. The second kappa shape index (κ2) is 4.40. The van der Waals surface area contributed by atoms with Gasteiger partial charge in [0.15, 0.2) is 0 Å². The van der Waals surface area contributed by atoms with Gasteiger partial charge in [0.05, 0.1) is 17.1 Å². The molecule has 4 nitrogen and oxygen atoms in total. The number of nitro benzene ring substituents is 1. The van der Waals surface area contributed by atoms with E-state index in [0.29, 0.717) is 11.1 Å². The van der Waals surface area contributed by atoms with Crippen LogP contribution in [0.25, 0.3) is 0 Å². The monoisotopic (exact) mass is 209 g/mol. The van der Waals surface area contributed by atoms with Crippen LogP contribution >= 0.6 is 0 Å². The van der Waals surface area contributed by atoms with Crippen molar-refractivity contribution in [2.45, 2.75) is 33.8 Å². The van der Waals surface area contributed by atoms with Crippen LogP contribution in [0.4, 0.5) is 5.69 Å². The van der Waals surface area contributed by atoms with E-state index in [-0.39, 0.29) is 12.3 Å². The summed E-state index contributed by atoms with van der Waals surface area (Å²) in [6, 6.07) is 1.70. The first-order valence-corrected chi connectivity index (χ1v) is 4.90. The molecule has 0 spiro atoms. The lowest BCUT2D eigenvalue weighted by Gasteiger charge is -2.11. The largest absolute Gasteiger partial charge is 0.391 e. The molecule has 82 valence electrons. The molecule has 0 bridgehead atoms. The van der Waals surface area contributed by atoms with Crippen LogP contribution in [0.3, 0.4) is 0 Å². The third-order valence-electron chi connectivity index (χ3n) is 2.69. The standard InChI is InChI=1S/C11H15NO3/c1-4-10-7(2)5-9(6-13)11(8(10)3)12(14)15/h5,13H,4,6H2,1-3H3. The Morgan fingerprint density at radius 3 is 2.47 bits per heavy atom. The fourth-order valence-electron chi connectivity index (χ4n) is 2.02. The number of benzene rings is 1. The molecule has 0 amide bonds. The van der Waals surface area contributed by atoms with E-state index in [4.69, 9.17) is 5.11 Å². The van der Waals surface area contributed by atoms with Gasteiger partial charge in [-0.1, -0.05) is 6.92 Å². The predicted octanol–water partition coefficient (Wildman–Crippen LogP) is 2.27. The second-order valence-electron chi connectivity index (χ2n) is 3.57. The summed E-state index contributed by atoms with van der Waals surface area (Å²) in [5.74, 6) is 0. The molecule has 0 radical (unpaired) electrons. The lowest BCUT2D eigenvalue weighted by Crippen LogP contribution is -2.03. The number of aliphatic hydroxyl groups excluding tert-OH is 1. The summed E-state index contributed by atoms with van der Waals surface area (Å²) >= 11 is 0. The van der Waals surface area contributed by atoms with E-state index in [1.165, 1.54) is 0 Å². The Balaban J connectivity index is 3.53. The van der Waals surface area contributed by atoms with Gasteiger partial charge in [-0.15, -0.1) is 0 Å². The molecular weight excluding hydrogens is 194 g/mol. The summed E-state index contributed by atoms with van der Waals surface area (Å²) in [6.07, 6.45) is 0.768. The molecule has 0 saturated heterocycles. The SMILES string of the molecule is CCc1c(C)cc(CO)c([N+](=O)[O-])c1C. The molecule has 1 aromatic rings. The first-order valence-electron chi connectivity index (χ1n) is 4.90. The van der Waals surface area contributed by atoms with E-state index >= 15 is 0 Å².